The van der Waals surface area contributed by atoms with Gasteiger partial charge in [0.2, 0.25) is 5.60 Å². The first-order chi connectivity index (χ1) is 12.8. The molecule has 7 nitrogen and oxygen atoms in total. The second-order valence-electron chi connectivity index (χ2n) is 5.58. The third-order valence-corrected chi connectivity index (χ3v) is 4.34. The molecule has 0 aliphatic carbocycles. The minimum Gasteiger partial charge on any atom is -0.479 e. The number of carboxylic acid groups (broad SMARTS) is 1. The van der Waals surface area contributed by atoms with Gasteiger partial charge < -0.3 is 14.9 Å². The highest BCUT2D eigenvalue weighted by Crippen LogP contribution is 2.34. The Morgan fingerprint density at radius 3 is 2.48 bits per heavy atom. The quantitative estimate of drug-likeness (QED) is 0.644. The van der Waals surface area contributed by atoms with E-state index >= 15 is 0 Å². The van der Waals surface area contributed by atoms with E-state index in [4.69, 9.17) is 27.9 Å². The van der Waals surface area contributed by atoms with Gasteiger partial charge in [0, 0.05) is 11.6 Å². The third kappa shape index (κ3) is 4.02. The van der Waals surface area contributed by atoms with Gasteiger partial charge in [0.1, 0.15) is 30.0 Å². The Bertz CT molecular complexity index is 984. The standard InChI is InChI=1S/C17H12Cl2FN3O4/c18-13-4-2-11(6-15(13)20)27-10-1-3-12(14(19)5-10)17(26,16(24)25)7-23-9-21-8-22-23/h1-6,8-9,26H,7H2,(H,24,25). The number of hydrogen-bond donors (Lipinski definition) is 2. The molecule has 0 radical (unpaired) electrons. The largest absolute Gasteiger partial charge is 0.479 e. The average Bonchev–Trinajstić information content (AvgIpc) is 3.11. The van der Waals surface area contributed by atoms with E-state index in [0.717, 1.165) is 6.07 Å². The Morgan fingerprint density at radius 2 is 1.89 bits per heavy atom. The second-order valence-corrected chi connectivity index (χ2v) is 6.39. The molecule has 0 aliphatic rings. The number of aliphatic carboxylic acids is 1. The highest BCUT2D eigenvalue weighted by atomic mass is 35.5. The molecule has 3 rings (SSSR count). The molecule has 10 heteroatoms. The van der Waals surface area contributed by atoms with Crippen LogP contribution in [0, 0.1) is 5.82 Å². The van der Waals surface area contributed by atoms with Crippen molar-refractivity contribution < 1.29 is 24.1 Å². The zero-order chi connectivity index (χ0) is 19.6. The van der Waals surface area contributed by atoms with Gasteiger partial charge in [-0.15, -0.1) is 0 Å². The molecule has 1 atom stereocenters. The summed E-state index contributed by atoms with van der Waals surface area (Å²) in [5.41, 5.74) is -2.39. The minimum atomic E-state index is -2.34. The van der Waals surface area contributed by atoms with Crippen molar-refractivity contribution in [2.75, 3.05) is 0 Å². The molecular weight excluding hydrogens is 400 g/mol. The number of aromatic nitrogens is 3. The van der Waals surface area contributed by atoms with E-state index in [9.17, 15) is 19.4 Å². The van der Waals surface area contributed by atoms with Crippen molar-refractivity contribution in [3.05, 3.63) is 70.5 Å². The first-order valence-corrected chi connectivity index (χ1v) is 8.26. The molecule has 2 aromatic carbocycles. The van der Waals surface area contributed by atoms with E-state index in [0.29, 0.717) is 0 Å². The fraction of sp³-hybridized carbons (Fsp3) is 0.118. The molecule has 0 bridgehead atoms. The molecule has 0 saturated heterocycles. The van der Waals surface area contributed by atoms with Gasteiger partial charge in [-0.25, -0.2) is 18.9 Å². The summed E-state index contributed by atoms with van der Waals surface area (Å²) in [4.78, 5) is 15.4. The molecule has 0 spiro atoms. The lowest BCUT2D eigenvalue weighted by molar-refractivity contribution is -0.161. The number of rotatable bonds is 6. The van der Waals surface area contributed by atoms with E-state index in [1.807, 2.05) is 0 Å². The summed E-state index contributed by atoms with van der Waals surface area (Å²) in [5.74, 6) is -1.76. The summed E-state index contributed by atoms with van der Waals surface area (Å²) in [6, 6.07) is 7.94. The Labute approximate surface area is 162 Å². The van der Waals surface area contributed by atoms with E-state index < -0.39 is 23.9 Å². The summed E-state index contributed by atoms with van der Waals surface area (Å²) in [7, 11) is 0. The zero-order valence-electron chi connectivity index (χ0n) is 13.5. The number of benzene rings is 2. The fourth-order valence-electron chi connectivity index (χ4n) is 2.39. The normalized spacial score (nSPS) is 13.2. The number of nitrogens with zero attached hydrogens (tertiary/aromatic N) is 3. The molecular formula is C17H12Cl2FN3O4. The van der Waals surface area contributed by atoms with Crippen LogP contribution in [0.4, 0.5) is 4.39 Å². The van der Waals surface area contributed by atoms with Gasteiger partial charge in [-0.1, -0.05) is 29.3 Å². The van der Waals surface area contributed by atoms with Crippen LogP contribution in [0.5, 0.6) is 11.5 Å². The molecule has 1 aromatic heterocycles. The molecule has 3 aromatic rings. The van der Waals surface area contributed by atoms with Crippen molar-refractivity contribution in [2.24, 2.45) is 0 Å². The lowest BCUT2D eigenvalue weighted by Gasteiger charge is -2.25. The van der Waals surface area contributed by atoms with Crippen LogP contribution in [0.2, 0.25) is 10.0 Å². The van der Waals surface area contributed by atoms with Gasteiger partial charge in [-0.05, 0) is 24.3 Å². The second kappa shape index (κ2) is 7.51. The summed E-state index contributed by atoms with van der Waals surface area (Å²) in [6.07, 6.45) is 2.49. The summed E-state index contributed by atoms with van der Waals surface area (Å²) in [5, 5.41) is 23.9. The fourth-order valence-corrected chi connectivity index (χ4v) is 2.83. The summed E-state index contributed by atoms with van der Waals surface area (Å²) in [6.45, 7) is -0.398. The van der Waals surface area contributed by atoms with Gasteiger partial charge in [0.25, 0.3) is 0 Å². The first-order valence-electron chi connectivity index (χ1n) is 7.51. The maximum atomic E-state index is 13.5. The van der Waals surface area contributed by atoms with Crippen molar-refractivity contribution in [1.29, 1.82) is 0 Å². The van der Waals surface area contributed by atoms with E-state index in [2.05, 4.69) is 10.1 Å². The lowest BCUT2D eigenvalue weighted by Crippen LogP contribution is -2.40. The smallest absolute Gasteiger partial charge is 0.342 e. The maximum absolute atomic E-state index is 13.5. The van der Waals surface area contributed by atoms with Gasteiger partial charge in [-0.3, -0.25) is 0 Å². The Balaban J connectivity index is 1.90. The monoisotopic (exact) mass is 411 g/mol. The summed E-state index contributed by atoms with van der Waals surface area (Å²) < 4.78 is 20.2. The predicted octanol–water partition coefficient (Wildman–Crippen LogP) is 3.49. The van der Waals surface area contributed by atoms with Crippen LogP contribution >= 0.6 is 23.2 Å². The van der Waals surface area contributed by atoms with Crippen LogP contribution in [-0.2, 0) is 16.9 Å². The van der Waals surface area contributed by atoms with Crippen LogP contribution in [0.3, 0.4) is 0 Å². The van der Waals surface area contributed by atoms with Gasteiger partial charge >= 0.3 is 5.97 Å². The first kappa shape index (κ1) is 19.1. The van der Waals surface area contributed by atoms with Crippen molar-refractivity contribution >= 4 is 29.2 Å². The van der Waals surface area contributed by atoms with Crippen LogP contribution in [0.1, 0.15) is 5.56 Å². The lowest BCUT2D eigenvalue weighted by atomic mass is 9.93. The number of ether oxygens (including phenoxy) is 1. The maximum Gasteiger partial charge on any atom is 0.342 e. The van der Waals surface area contributed by atoms with E-state index in [1.165, 1.54) is 47.7 Å². The van der Waals surface area contributed by atoms with Crippen LogP contribution in [-0.4, -0.2) is 30.9 Å². The number of carbonyl (C=O) groups is 1. The highest BCUT2D eigenvalue weighted by molar-refractivity contribution is 6.32. The molecule has 0 amide bonds. The van der Waals surface area contributed by atoms with E-state index in [1.54, 1.807) is 0 Å². The molecule has 27 heavy (non-hydrogen) atoms. The minimum absolute atomic E-state index is 0.0460. The van der Waals surface area contributed by atoms with Crippen molar-refractivity contribution in [1.82, 2.24) is 14.8 Å². The molecule has 0 saturated carbocycles. The van der Waals surface area contributed by atoms with Crippen molar-refractivity contribution in [3.63, 3.8) is 0 Å². The Hall–Kier alpha value is -2.68. The molecule has 140 valence electrons. The predicted molar refractivity (Wildman–Crippen MR) is 94.5 cm³/mol. The summed E-state index contributed by atoms with van der Waals surface area (Å²) >= 11 is 11.8. The van der Waals surface area contributed by atoms with E-state index in [-0.39, 0.29) is 27.1 Å². The molecule has 1 unspecified atom stereocenters. The number of aliphatic hydroxyl groups is 1. The van der Waals surface area contributed by atoms with Crippen LogP contribution in [0.15, 0.2) is 49.1 Å². The number of hydrogen-bond acceptors (Lipinski definition) is 5. The topological polar surface area (TPSA) is 97.5 Å². The molecule has 0 aliphatic heterocycles. The molecule has 1 heterocycles. The Morgan fingerprint density at radius 1 is 1.19 bits per heavy atom. The van der Waals surface area contributed by atoms with Gasteiger partial charge in [0.15, 0.2) is 0 Å². The van der Waals surface area contributed by atoms with Gasteiger partial charge in [0.05, 0.1) is 16.6 Å². The number of carboxylic acids is 1. The van der Waals surface area contributed by atoms with Crippen molar-refractivity contribution in [2.45, 2.75) is 12.1 Å². The Kier molecular flexibility index (Phi) is 5.31. The van der Waals surface area contributed by atoms with Crippen LogP contribution < -0.4 is 4.74 Å². The zero-order valence-corrected chi connectivity index (χ0v) is 15.0. The van der Waals surface area contributed by atoms with Crippen LogP contribution in [0.25, 0.3) is 0 Å². The highest BCUT2D eigenvalue weighted by Gasteiger charge is 2.41. The molecule has 0 fully saturated rings. The molecule has 2 N–H and O–H groups in total. The average molecular weight is 412 g/mol. The SMILES string of the molecule is O=C(O)C(O)(Cn1cncn1)c1ccc(Oc2ccc(Cl)c(F)c2)cc1Cl. The van der Waals surface area contributed by atoms with Crippen molar-refractivity contribution in [3.8, 4) is 11.5 Å². The third-order valence-electron chi connectivity index (χ3n) is 3.72. The number of halogens is 3. The van der Waals surface area contributed by atoms with Gasteiger partial charge in [-0.2, -0.15) is 5.10 Å².